The molecule has 2 aromatic rings. The average molecular weight is 375 g/mol. The Hall–Kier alpha value is -2.87. The van der Waals surface area contributed by atoms with E-state index in [4.69, 9.17) is 9.47 Å². The first-order valence-corrected chi connectivity index (χ1v) is 8.79. The summed E-state index contributed by atoms with van der Waals surface area (Å²) in [4.78, 5) is 24.4. The smallest absolute Gasteiger partial charge is 0.329 e. The molecule has 2 rings (SSSR count). The number of hydrogen-bond acceptors (Lipinski definition) is 6. The van der Waals surface area contributed by atoms with Gasteiger partial charge in [-0.25, -0.2) is 5.43 Å². The van der Waals surface area contributed by atoms with Crippen molar-refractivity contribution >= 4 is 29.4 Å². The molecule has 0 radical (unpaired) electrons. The van der Waals surface area contributed by atoms with E-state index in [1.54, 1.807) is 20.3 Å². The fraction of sp³-hybridized carbons (Fsp3) is 0.278. The molecular weight excluding hydrogens is 354 g/mol. The van der Waals surface area contributed by atoms with Gasteiger partial charge in [-0.3, -0.25) is 9.59 Å². The Balaban J connectivity index is 1.78. The fourth-order valence-electron chi connectivity index (χ4n) is 2.15. The van der Waals surface area contributed by atoms with Crippen LogP contribution in [0.2, 0.25) is 0 Å². The lowest BCUT2D eigenvalue weighted by Crippen LogP contribution is -2.38. The second-order valence-electron chi connectivity index (χ2n) is 5.36. The van der Waals surface area contributed by atoms with Crippen LogP contribution in [-0.2, 0) is 16.0 Å². The monoisotopic (exact) mass is 375 g/mol. The van der Waals surface area contributed by atoms with E-state index in [-0.39, 0.29) is 0 Å². The summed E-state index contributed by atoms with van der Waals surface area (Å²) in [6.45, 7) is 2.26. The first kappa shape index (κ1) is 19.5. The van der Waals surface area contributed by atoms with Crippen LogP contribution in [0.1, 0.15) is 16.0 Å². The number of methoxy groups -OCH3 is 2. The Kier molecular flexibility index (Phi) is 7.16. The summed E-state index contributed by atoms with van der Waals surface area (Å²) in [7, 11) is 3.13. The molecule has 0 aliphatic rings. The maximum atomic E-state index is 11.8. The van der Waals surface area contributed by atoms with Gasteiger partial charge in [0.05, 0.1) is 20.4 Å². The highest BCUT2D eigenvalue weighted by molar-refractivity contribution is 7.11. The van der Waals surface area contributed by atoms with Crippen LogP contribution in [0.25, 0.3) is 0 Å². The van der Waals surface area contributed by atoms with Crippen LogP contribution in [0, 0.1) is 6.92 Å². The van der Waals surface area contributed by atoms with Crippen molar-refractivity contribution < 1.29 is 19.1 Å². The molecule has 7 nitrogen and oxygen atoms in total. The number of benzene rings is 1. The zero-order valence-corrected chi connectivity index (χ0v) is 15.7. The van der Waals surface area contributed by atoms with E-state index < -0.39 is 11.8 Å². The molecule has 1 aromatic carbocycles. The number of hydrazone groups is 1. The van der Waals surface area contributed by atoms with Gasteiger partial charge in [0.15, 0.2) is 11.5 Å². The lowest BCUT2D eigenvalue weighted by molar-refractivity contribution is -0.139. The first-order valence-electron chi connectivity index (χ1n) is 7.91. The lowest BCUT2D eigenvalue weighted by atomic mass is 10.1. The van der Waals surface area contributed by atoms with E-state index in [2.05, 4.69) is 15.8 Å². The summed E-state index contributed by atoms with van der Waals surface area (Å²) in [6, 6.07) is 7.46. The Labute approximate surface area is 156 Å². The molecule has 2 amide bonds. The van der Waals surface area contributed by atoms with Crippen molar-refractivity contribution in [2.45, 2.75) is 13.3 Å². The van der Waals surface area contributed by atoms with Crippen LogP contribution in [0.4, 0.5) is 0 Å². The maximum Gasteiger partial charge on any atom is 0.329 e. The first-order chi connectivity index (χ1) is 12.5. The number of amides is 2. The number of aryl methyl sites for hydroxylation is 1. The van der Waals surface area contributed by atoms with Crippen molar-refractivity contribution in [3.63, 3.8) is 0 Å². The lowest BCUT2D eigenvalue weighted by Gasteiger charge is -2.09. The number of rotatable bonds is 7. The molecule has 2 N–H and O–H groups in total. The molecule has 0 aliphatic heterocycles. The van der Waals surface area contributed by atoms with Crippen LogP contribution in [-0.4, -0.2) is 38.8 Å². The number of nitrogens with one attached hydrogen (secondary N) is 2. The van der Waals surface area contributed by atoms with Crippen LogP contribution in [0.5, 0.6) is 11.5 Å². The largest absolute Gasteiger partial charge is 0.493 e. The quantitative estimate of drug-likeness (QED) is 0.439. The minimum Gasteiger partial charge on any atom is -0.493 e. The zero-order chi connectivity index (χ0) is 18.9. The summed E-state index contributed by atoms with van der Waals surface area (Å²) in [5, 5.41) is 8.29. The standard InChI is InChI=1S/C18H21N3O4S/c1-12-7-9-26-16(12)11-20-21-18(23)17(22)19-8-6-13-4-5-14(24-2)15(10-13)25-3/h4-5,7,9-11H,6,8H2,1-3H3,(H,19,22)(H,21,23)/b20-11-. The summed E-state index contributed by atoms with van der Waals surface area (Å²) in [5.41, 5.74) is 4.23. The molecule has 0 saturated heterocycles. The van der Waals surface area contributed by atoms with Crippen molar-refractivity contribution in [1.82, 2.24) is 10.7 Å². The van der Waals surface area contributed by atoms with Crippen molar-refractivity contribution in [3.05, 3.63) is 45.6 Å². The average Bonchev–Trinajstić information content (AvgIpc) is 3.06. The van der Waals surface area contributed by atoms with Gasteiger partial charge in [-0.1, -0.05) is 6.07 Å². The Morgan fingerprint density at radius 1 is 1.15 bits per heavy atom. The van der Waals surface area contributed by atoms with Crippen LogP contribution in [0.15, 0.2) is 34.7 Å². The third kappa shape index (κ3) is 5.32. The van der Waals surface area contributed by atoms with E-state index in [0.29, 0.717) is 24.5 Å². The molecule has 0 bridgehead atoms. The van der Waals surface area contributed by atoms with Crippen LogP contribution in [0.3, 0.4) is 0 Å². The molecule has 0 unspecified atom stereocenters. The van der Waals surface area contributed by atoms with E-state index in [0.717, 1.165) is 16.0 Å². The van der Waals surface area contributed by atoms with Gasteiger partial charge in [-0.2, -0.15) is 5.10 Å². The second kappa shape index (κ2) is 9.57. The third-order valence-electron chi connectivity index (χ3n) is 3.60. The van der Waals surface area contributed by atoms with Gasteiger partial charge in [0.1, 0.15) is 0 Å². The normalized spacial score (nSPS) is 10.6. The molecule has 1 heterocycles. The minimum atomic E-state index is -0.803. The minimum absolute atomic E-state index is 0.315. The molecule has 138 valence electrons. The molecular formula is C18H21N3O4S. The van der Waals surface area contributed by atoms with Gasteiger partial charge < -0.3 is 14.8 Å². The molecule has 1 aromatic heterocycles. The van der Waals surface area contributed by atoms with Crippen molar-refractivity contribution in [2.24, 2.45) is 5.10 Å². The number of ether oxygens (including phenoxy) is 2. The summed E-state index contributed by atoms with van der Waals surface area (Å²) < 4.78 is 10.4. The van der Waals surface area contributed by atoms with Gasteiger partial charge in [0.25, 0.3) is 0 Å². The van der Waals surface area contributed by atoms with Crippen LogP contribution < -0.4 is 20.2 Å². The number of hydrogen-bond donors (Lipinski definition) is 2. The highest BCUT2D eigenvalue weighted by Crippen LogP contribution is 2.27. The molecule has 8 heteroatoms. The number of carbonyl (C=O) groups excluding carboxylic acids is 2. The summed E-state index contributed by atoms with van der Waals surface area (Å²) in [5.74, 6) is -0.279. The molecule has 26 heavy (non-hydrogen) atoms. The molecule has 0 saturated carbocycles. The number of carbonyl (C=O) groups is 2. The van der Waals surface area contributed by atoms with Gasteiger partial charge in [0.2, 0.25) is 0 Å². The molecule has 0 spiro atoms. The SMILES string of the molecule is COc1ccc(CCNC(=O)C(=O)N/N=C\c2sccc2C)cc1OC. The highest BCUT2D eigenvalue weighted by atomic mass is 32.1. The van der Waals surface area contributed by atoms with E-state index in [9.17, 15) is 9.59 Å². The number of thiophene rings is 1. The van der Waals surface area contributed by atoms with Gasteiger partial charge in [-0.05, 0) is 48.1 Å². The van der Waals surface area contributed by atoms with E-state index in [1.165, 1.54) is 17.6 Å². The van der Waals surface area contributed by atoms with Gasteiger partial charge in [-0.15, -0.1) is 11.3 Å². The molecule has 0 aliphatic carbocycles. The van der Waals surface area contributed by atoms with Crippen molar-refractivity contribution in [1.29, 1.82) is 0 Å². The summed E-state index contributed by atoms with van der Waals surface area (Å²) in [6.07, 6.45) is 2.08. The third-order valence-corrected chi connectivity index (χ3v) is 4.56. The molecule has 0 atom stereocenters. The predicted octanol–water partition coefficient (Wildman–Crippen LogP) is 1.88. The van der Waals surface area contributed by atoms with Gasteiger partial charge >= 0.3 is 11.8 Å². The van der Waals surface area contributed by atoms with E-state index in [1.807, 2.05) is 30.5 Å². The summed E-state index contributed by atoms with van der Waals surface area (Å²) >= 11 is 1.51. The zero-order valence-electron chi connectivity index (χ0n) is 14.9. The van der Waals surface area contributed by atoms with Gasteiger partial charge in [0, 0.05) is 11.4 Å². The fourth-order valence-corrected chi connectivity index (χ4v) is 2.94. The second-order valence-corrected chi connectivity index (χ2v) is 6.31. The Morgan fingerprint density at radius 2 is 1.92 bits per heavy atom. The van der Waals surface area contributed by atoms with E-state index >= 15 is 0 Å². The Bertz CT molecular complexity index is 801. The number of nitrogens with zero attached hydrogens (tertiary/aromatic N) is 1. The predicted molar refractivity (Wildman–Crippen MR) is 101 cm³/mol. The maximum absolute atomic E-state index is 11.8. The van der Waals surface area contributed by atoms with Crippen LogP contribution >= 0.6 is 11.3 Å². The highest BCUT2D eigenvalue weighted by Gasteiger charge is 2.12. The molecule has 0 fully saturated rings. The van der Waals surface area contributed by atoms with Crippen molar-refractivity contribution in [3.8, 4) is 11.5 Å². The van der Waals surface area contributed by atoms with Crippen molar-refractivity contribution in [2.75, 3.05) is 20.8 Å². The Morgan fingerprint density at radius 3 is 2.58 bits per heavy atom. The topological polar surface area (TPSA) is 89.0 Å².